The van der Waals surface area contributed by atoms with Gasteiger partial charge in [0.1, 0.15) is 0 Å². The first-order valence-corrected chi connectivity index (χ1v) is 7.11. The molecule has 0 aliphatic heterocycles. The molecule has 0 aliphatic carbocycles. The zero-order valence-electron chi connectivity index (χ0n) is 11.8. The van der Waals surface area contributed by atoms with Crippen LogP contribution in [0.3, 0.4) is 0 Å². The molecular formula is C15H23ClO4. The first kappa shape index (κ1) is 17.4. The van der Waals surface area contributed by atoms with Crippen LogP contribution in [0.2, 0.25) is 5.02 Å². The van der Waals surface area contributed by atoms with E-state index in [9.17, 15) is 10.2 Å². The Labute approximate surface area is 125 Å². The molecule has 1 aromatic carbocycles. The van der Waals surface area contributed by atoms with E-state index >= 15 is 0 Å². The molecule has 20 heavy (non-hydrogen) atoms. The van der Waals surface area contributed by atoms with E-state index < -0.39 is 5.41 Å². The maximum absolute atomic E-state index is 9.67. The van der Waals surface area contributed by atoms with Gasteiger partial charge in [0, 0.05) is 37.4 Å². The Kier molecular flexibility index (Phi) is 8.11. The van der Waals surface area contributed by atoms with E-state index in [2.05, 4.69) is 0 Å². The third-order valence-corrected chi connectivity index (χ3v) is 3.68. The van der Waals surface area contributed by atoms with E-state index in [1.165, 1.54) is 0 Å². The van der Waals surface area contributed by atoms with E-state index in [0.29, 0.717) is 31.3 Å². The molecule has 0 atom stereocenters. The highest BCUT2D eigenvalue weighted by Crippen LogP contribution is 2.28. The predicted molar refractivity (Wildman–Crippen MR) is 79.2 cm³/mol. The van der Waals surface area contributed by atoms with Crippen molar-refractivity contribution in [1.82, 2.24) is 0 Å². The highest BCUT2D eigenvalue weighted by Gasteiger charge is 2.30. The Morgan fingerprint density at radius 1 is 1.05 bits per heavy atom. The molecule has 0 heterocycles. The maximum atomic E-state index is 9.67. The van der Waals surface area contributed by atoms with Crippen LogP contribution in [0, 0.1) is 0 Å². The summed E-state index contributed by atoms with van der Waals surface area (Å²) in [4.78, 5) is 0. The fourth-order valence-electron chi connectivity index (χ4n) is 2.01. The summed E-state index contributed by atoms with van der Waals surface area (Å²) >= 11 is 5.86. The summed E-state index contributed by atoms with van der Waals surface area (Å²) in [7, 11) is 1.66. The molecule has 5 heteroatoms. The lowest BCUT2D eigenvalue weighted by atomic mass is 9.79. The number of aliphatic hydroxyl groups excluding tert-OH is 2. The second kappa shape index (κ2) is 9.32. The van der Waals surface area contributed by atoms with E-state index in [1.807, 2.05) is 12.1 Å². The molecule has 0 radical (unpaired) electrons. The van der Waals surface area contributed by atoms with Crippen LogP contribution in [-0.4, -0.2) is 50.4 Å². The van der Waals surface area contributed by atoms with Crippen molar-refractivity contribution in [1.29, 1.82) is 0 Å². The Morgan fingerprint density at radius 2 is 1.70 bits per heavy atom. The molecular weight excluding hydrogens is 280 g/mol. The number of rotatable bonds is 10. The maximum Gasteiger partial charge on any atom is 0.0550 e. The number of aliphatic hydroxyl groups is 2. The largest absolute Gasteiger partial charge is 0.395 e. The Bertz CT molecular complexity index is 363. The lowest BCUT2D eigenvalue weighted by molar-refractivity contribution is 0.0547. The number of halogens is 1. The number of benzene rings is 1. The van der Waals surface area contributed by atoms with Gasteiger partial charge in [0.25, 0.3) is 0 Å². The molecule has 1 aromatic rings. The van der Waals surface area contributed by atoms with Gasteiger partial charge in [-0.25, -0.2) is 0 Å². The fourth-order valence-corrected chi connectivity index (χ4v) is 2.14. The van der Waals surface area contributed by atoms with Gasteiger partial charge in [0.05, 0.1) is 13.2 Å². The molecule has 0 spiro atoms. The molecule has 0 bridgehead atoms. The summed E-state index contributed by atoms with van der Waals surface area (Å²) in [6.45, 7) is 1.50. The standard InChI is InChI=1S/C15H23ClO4/c1-19-8-2-9-20-10-7-15(11-17,12-18)13-3-5-14(16)6-4-13/h3-6,17-18H,2,7-12H2,1H3. The van der Waals surface area contributed by atoms with Crippen LogP contribution in [0.4, 0.5) is 0 Å². The van der Waals surface area contributed by atoms with Crippen LogP contribution >= 0.6 is 11.6 Å². The zero-order chi connectivity index (χ0) is 14.8. The number of hydrogen-bond acceptors (Lipinski definition) is 4. The number of ether oxygens (including phenoxy) is 2. The van der Waals surface area contributed by atoms with Gasteiger partial charge in [0.2, 0.25) is 0 Å². The Morgan fingerprint density at radius 3 is 2.25 bits per heavy atom. The van der Waals surface area contributed by atoms with Crippen molar-refractivity contribution >= 4 is 11.6 Å². The average molecular weight is 303 g/mol. The van der Waals surface area contributed by atoms with E-state index in [4.69, 9.17) is 21.1 Å². The number of methoxy groups -OCH3 is 1. The smallest absolute Gasteiger partial charge is 0.0550 e. The summed E-state index contributed by atoms with van der Waals surface area (Å²) in [5, 5.41) is 20.0. The molecule has 0 aromatic heterocycles. The van der Waals surface area contributed by atoms with Gasteiger partial charge in [-0.1, -0.05) is 23.7 Å². The van der Waals surface area contributed by atoms with Gasteiger partial charge in [-0.2, -0.15) is 0 Å². The van der Waals surface area contributed by atoms with Gasteiger partial charge in [0.15, 0.2) is 0 Å². The van der Waals surface area contributed by atoms with E-state index in [-0.39, 0.29) is 13.2 Å². The van der Waals surface area contributed by atoms with Gasteiger partial charge in [-0.3, -0.25) is 0 Å². The molecule has 2 N–H and O–H groups in total. The third-order valence-electron chi connectivity index (χ3n) is 3.42. The zero-order valence-corrected chi connectivity index (χ0v) is 12.6. The molecule has 0 aliphatic rings. The summed E-state index contributed by atoms with van der Waals surface area (Å²) in [5.41, 5.74) is 0.179. The summed E-state index contributed by atoms with van der Waals surface area (Å²) < 4.78 is 10.5. The van der Waals surface area contributed by atoms with Crippen LogP contribution in [0.15, 0.2) is 24.3 Å². The predicted octanol–water partition coefficient (Wildman–Crippen LogP) is 2.01. The van der Waals surface area contributed by atoms with Gasteiger partial charge < -0.3 is 19.7 Å². The highest BCUT2D eigenvalue weighted by molar-refractivity contribution is 6.30. The molecule has 4 nitrogen and oxygen atoms in total. The number of hydrogen-bond donors (Lipinski definition) is 2. The molecule has 0 fully saturated rings. The minimum absolute atomic E-state index is 0.132. The SMILES string of the molecule is COCCCOCCC(CO)(CO)c1ccc(Cl)cc1. The van der Waals surface area contributed by atoms with Gasteiger partial charge in [-0.05, 0) is 30.5 Å². The van der Waals surface area contributed by atoms with E-state index in [1.54, 1.807) is 19.2 Å². The third kappa shape index (κ3) is 5.04. The second-order valence-electron chi connectivity index (χ2n) is 4.81. The van der Waals surface area contributed by atoms with Crippen molar-refractivity contribution in [3.05, 3.63) is 34.9 Å². The molecule has 1 rings (SSSR count). The lowest BCUT2D eigenvalue weighted by Gasteiger charge is -2.30. The summed E-state index contributed by atoms with van der Waals surface area (Å²) in [6.07, 6.45) is 1.39. The van der Waals surface area contributed by atoms with Gasteiger partial charge >= 0.3 is 0 Å². The van der Waals surface area contributed by atoms with Crippen LogP contribution in [0.1, 0.15) is 18.4 Å². The summed E-state index contributed by atoms with van der Waals surface area (Å²) in [6, 6.07) is 7.19. The van der Waals surface area contributed by atoms with Crippen LogP contribution in [-0.2, 0) is 14.9 Å². The normalized spacial score (nSPS) is 11.8. The van der Waals surface area contributed by atoms with Crippen molar-refractivity contribution in [2.24, 2.45) is 0 Å². The first-order valence-electron chi connectivity index (χ1n) is 6.73. The highest BCUT2D eigenvalue weighted by atomic mass is 35.5. The quantitative estimate of drug-likeness (QED) is 0.649. The van der Waals surface area contributed by atoms with E-state index in [0.717, 1.165) is 12.0 Å². The van der Waals surface area contributed by atoms with Crippen molar-refractivity contribution in [2.45, 2.75) is 18.3 Å². The monoisotopic (exact) mass is 302 g/mol. The Balaban J connectivity index is 2.56. The van der Waals surface area contributed by atoms with Gasteiger partial charge in [-0.15, -0.1) is 0 Å². The van der Waals surface area contributed by atoms with Crippen LogP contribution in [0.5, 0.6) is 0 Å². The topological polar surface area (TPSA) is 58.9 Å². The molecule has 0 saturated carbocycles. The molecule has 0 unspecified atom stereocenters. The average Bonchev–Trinajstić information content (AvgIpc) is 2.48. The molecule has 0 amide bonds. The molecule has 0 saturated heterocycles. The Hall–Kier alpha value is -0.650. The summed E-state index contributed by atoms with van der Waals surface area (Å²) in [5.74, 6) is 0. The first-order chi connectivity index (χ1) is 9.68. The second-order valence-corrected chi connectivity index (χ2v) is 5.25. The minimum Gasteiger partial charge on any atom is -0.395 e. The van der Waals surface area contributed by atoms with Crippen LogP contribution < -0.4 is 0 Å². The minimum atomic E-state index is -0.689. The van der Waals surface area contributed by atoms with Crippen molar-refractivity contribution in [2.75, 3.05) is 40.1 Å². The van der Waals surface area contributed by atoms with Crippen molar-refractivity contribution in [3.8, 4) is 0 Å². The van der Waals surface area contributed by atoms with Crippen molar-refractivity contribution < 1.29 is 19.7 Å². The fraction of sp³-hybridized carbons (Fsp3) is 0.600. The molecule has 114 valence electrons. The lowest BCUT2D eigenvalue weighted by Crippen LogP contribution is -2.36. The van der Waals surface area contributed by atoms with Crippen molar-refractivity contribution in [3.63, 3.8) is 0 Å². The van der Waals surface area contributed by atoms with Crippen LogP contribution in [0.25, 0.3) is 0 Å².